The van der Waals surface area contributed by atoms with Gasteiger partial charge in [-0.15, -0.1) is 0 Å². The van der Waals surface area contributed by atoms with Crippen LogP contribution < -0.4 is 20.0 Å². The molecule has 0 spiro atoms. The van der Waals surface area contributed by atoms with Crippen molar-refractivity contribution in [3.05, 3.63) is 24.4 Å². The number of pyridine rings is 1. The molecule has 9 heteroatoms. The van der Waals surface area contributed by atoms with Crippen molar-refractivity contribution in [2.75, 3.05) is 72.4 Å². The summed E-state index contributed by atoms with van der Waals surface area (Å²) in [6.45, 7) is 20.2. The van der Waals surface area contributed by atoms with E-state index in [0.29, 0.717) is 18.0 Å². The lowest BCUT2D eigenvalue weighted by Gasteiger charge is -2.35. The van der Waals surface area contributed by atoms with E-state index in [4.69, 9.17) is 15.0 Å². The fourth-order valence-corrected chi connectivity index (χ4v) is 4.31. The highest BCUT2D eigenvalue weighted by Crippen LogP contribution is 2.20. The number of hydrogen-bond acceptors (Lipinski definition) is 9. The molecule has 1 aliphatic rings. The van der Waals surface area contributed by atoms with Gasteiger partial charge in [0, 0.05) is 70.6 Å². The van der Waals surface area contributed by atoms with Crippen molar-refractivity contribution < 1.29 is 0 Å². The van der Waals surface area contributed by atoms with Crippen LogP contribution in [0, 0.1) is 0 Å². The molecule has 2 aromatic rings. The number of rotatable bonds is 11. The molecule has 0 amide bonds. The molecule has 0 saturated carbocycles. The minimum Gasteiger partial charge on any atom is -0.353 e. The lowest BCUT2D eigenvalue weighted by atomic mass is 10.2. The molecule has 0 aliphatic carbocycles. The van der Waals surface area contributed by atoms with Crippen molar-refractivity contribution in [3.63, 3.8) is 0 Å². The fraction of sp³-hybridized carbons (Fsp3) is 0.667. The largest absolute Gasteiger partial charge is 0.353 e. The molecule has 182 valence electrons. The Kier molecular flexibility index (Phi) is 9.05. The average Bonchev–Trinajstić information content (AvgIpc) is 2.83. The Balaban J connectivity index is 1.72. The predicted molar refractivity (Wildman–Crippen MR) is 138 cm³/mol. The van der Waals surface area contributed by atoms with Gasteiger partial charge in [-0.1, -0.05) is 6.07 Å². The Morgan fingerprint density at radius 2 is 1.58 bits per heavy atom. The molecule has 0 atom stereocenters. The Morgan fingerprint density at radius 1 is 0.909 bits per heavy atom. The summed E-state index contributed by atoms with van der Waals surface area (Å²) < 4.78 is 0. The first-order valence-electron chi connectivity index (χ1n) is 12.3. The maximum absolute atomic E-state index is 4.84. The van der Waals surface area contributed by atoms with Crippen molar-refractivity contribution in [2.24, 2.45) is 0 Å². The van der Waals surface area contributed by atoms with Gasteiger partial charge in [0.15, 0.2) is 0 Å². The summed E-state index contributed by atoms with van der Waals surface area (Å²) in [7, 11) is 0. The second-order valence-electron chi connectivity index (χ2n) is 8.95. The molecule has 0 unspecified atom stereocenters. The van der Waals surface area contributed by atoms with Crippen LogP contribution in [0.2, 0.25) is 0 Å². The third-order valence-corrected chi connectivity index (χ3v) is 6.17. The van der Waals surface area contributed by atoms with E-state index >= 15 is 0 Å². The SMILES string of the molecule is CCN(CC)c1nc(NCCN(C(C)C)C(C)C)nc(N2CCN(c3ccccn3)CC2)n1. The van der Waals surface area contributed by atoms with Gasteiger partial charge in [0.25, 0.3) is 0 Å². The van der Waals surface area contributed by atoms with Crippen LogP contribution in [0.1, 0.15) is 41.5 Å². The summed E-state index contributed by atoms with van der Waals surface area (Å²) in [5, 5.41) is 3.46. The monoisotopic (exact) mass is 455 g/mol. The zero-order valence-electron chi connectivity index (χ0n) is 21.2. The van der Waals surface area contributed by atoms with Crippen LogP contribution in [-0.2, 0) is 0 Å². The summed E-state index contributed by atoms with van der Waals surface area (Å²) in [4.78, 5) is 28.1. The van der Waals surface area contributed by atoms with Gasteiger partial charge in [-0.25, -0.2) is 4.98 Å². The Morgan fingerprint density at radius 3 is 2.15 bits per heavy atom. The highest BCUT2D eigenvalue weighted by atomic mass is 15.4. The molecular formula is C24H41N9. The van der Waals surface area contributed by atoms with E-state index in [9.17, 15) is 0 Å². The van der Waals surface area contributed by atoms with Gasteiger partial charge >= 0.3 is 0 Å². The maximum atomic E-state index is 4.84. The van der Waals surface area contributed by atoms with E-state index in [1.807, 2.05) is 18.3 Å². The number of piperazine rings is 1. The topological polar surface area (TPSA) is 76.6 Å². The second-order valence-corrected chi connectivity index (χ2v) is 8.95. The highest BCUT2D eigenvalue weighted by molar-refractivity contribution is 5.47. The molecule has 2 aromatic heterocycles. The van der Waals surface area contributed by atoms with Gasteiger partial charge < -0.3 is 20.0 Å². The summed E-state index contributed by atoms with van der Waals surface area (Å²) in [5.41, 5.74) is 0. The molecule has 1 aliphatic heterocycles. The first kappa shape index (κ1) is 25.0. The molecular weight excluding hydrogens is 414 g/mol. The normalized spacial score (nSPS) is 14.5. The zero-order chi connectivity index (χ0) is 23.8. The van der Waals surface area contributed by atoms with Gasteiger partial charge in [-0.05, 0) is 53.7 Å². The highest BCUT2D eigenvalue weighted by Gasteiger charge is 2.22. The number of hydrogen-bond donors (Lipinski definition) is 1. The first-order valence-corrected chi connectivity index (χ1v) is 12.3. The van der Waals surface area contributed by atoms with Gasteiger partial charge in [-0.2, -0.15) is 15.0 Å². The van der Waals surface area contributed by atoms with Crippen molar-refractivity contribution >= 4 is 23.7 Å². The van der Waals surface area contributed by atoms with E-state index in [1.54, 1.807) is 0 Å². The van der Waals surface area contributed by atoms with Gasteiger partial charge in [0.2, 0.25) is 17.8 Å². The molecule has 9 nitrogen and oxygen atoms in total. The van der Waals surface area contributed by atoms with Crippen molar-refractivity contribution in [3.8, 4) is 0 Å². The minimum absolute atomic E-state index is 0.502. The molecule has 1 saturated heterocycles. The molecule has 0 aromatic carbocycles. The lowest BCUT2D eigenvalue weighted by Crippen LogP contribution is -2.47. The molecule has 0 bridgehead atoms. The van der Waals surface area contributed by atoms with Crippen LogP contribution in [0.3, 0.4) is 0 Å². The van der Waals surface area contributed by atoms with E-state index in [-0.39, 0.29) is 0 Å². The van der Waals surface area contributed by atoms with Gasteiger partial charge in [0.1, 0.15) is 5.82 Å². The second kappa shape index (κ2) is 12.0. The molecule has 3 rings (SSSR count). The maximum Gasteiger partial charge on any atom is 0.232 e. The van der Waals surface area contributed by atoms with Crippen molar-refractivity contribution in [1.29, 1.82) is 0 Å². The minimum atomic E-state index is 0.502. The lowest BCUT2D eigenvalue weighted by molar-refractivity contribution is 0.182. The van der Waals surface area contributed by atoms with Crippen LogP contribution >= 0.6 is 0 Å². The summed E-state index contributed by atoms with van der Waals surface area (Å²) >= 11 is 0. The molecule has 1 N–H and O–H groups in total. The van der Waals surface area contributed by atoms with Crippen LogP contribution in [0.15, 0.2) is 24.4 Å². The molecule has 1 fully saturated rings. The predicted octanol–water partition coefficient (Wildman–Crippen LogP) is 2.97. The van der Waals surface area contributed by atoms with Crippen LogP contribution in [-0.4, -0.2) is 89.3 Å². The average molecular weight is 456 g/mol. The summed E-state index contributed by atoms with van der Waals surface area (Å²) in [6, 6.07) is 7.06. The molecule has 3 heterocycles. The summed E-state index contributed by atoms with van der Waals surface area (Å²) in [6.07, 6.45) is 1.85. The zero-order valence-corrected chi connectivity index (χ0v) is 21.2. The van der Waals surface area contributed by atoms with Crippen LogP contribution in [0.5, 0.6) is 0 Å². The number of nitrogens with one attached hydrogen (secondary N) is 1. The van der Waals surface area contributed by atoms with Gasteiger partial charge in [-0.3, -0.25) is 4.90 Å². The number of anilines is 4. The standard InChI is InChI=1S/C24H41N9/c1-7-30(8-2)23-27-22(26-13-14-33(19(3)4)20(5)6)28-24(29-23)32-17-15-31(16-18-32)21-11-9-10-12-25-21/h9-12,19-20H,7-8,13-18H2,1-6H3,(H,26,27,28,29). The third kappa shape index (κ3) is 6.66. The fourth-order valence-electron chi connectivity index (χ4n) is 4.31. The van der Waals surface area contributed by atoms with E-state index < -0.39 is 0 Å². The van der Waals surface area contributed by atoms with Crippen LogP contribution in [0.25, 0.3) is 0 Å². The molecule has 0 radical (unpaired) electrons. The summed E-state index contributed by atoms with van der Waals surface area (Å²) in [5.74, 6) is 3.17. The van der Waals surface area contributed by atoms with Crippen LogP contribution in [0.4, 0.5) is 23.7 Å². The Labute approximate surface area is 199 Å². The molecule has 33 heavy (non-hydrogen) atoms. The van der Waals surface area contributed by atoms with Crippen molar-refractivity contribution in [2.45, 2.75) is 53.6 Å². The quantitative estimate of drug-likeness (QED) is 0.550. The number of nitrogens with zero attached hydrogens (tertiary/aromatic N) is 8. The third-order valence-electron chi connectivity index (χ3n) is 6.17. The Hall–Kier alpha value is -2.68. The smallest absolute Gasteiger partial charge is 0.232 e. The van der Waals surface area contributed by atoms with E-state index in [2.05, 4.69) is 77.5 Å². The van der Waals surface area contributed by atoms with Crippen molar-refractivity contribution in [1.82, 2.24) is 24.8 Å². The Bertz CT molecular complexity index is 823. The number of aromatic nitrogens is 4. The first-order chi connectivity index (χ1) is 15.9. The van der Waals surface area contributed by atoms with Gasteiger partial charge in [0.05, 0.1) is 0 Å². The van der Waals surface area contributed by atoms with E-state index in [0.717, 1.165) is 70.1 Å². The van der Waals surface area contributed by atoms with E-state index in [1.165, 1.54) is 0 Å².